The van der Waals surface area contributed by atoms with Crippen LogP contribution in [0, 0.1) is 5.92 Å². The number of amides is 2. The molecule has 160 valence electrons. The zero-order chi connectivity index (χ0) is 21.1. The van der Waals surface area contributed by atoms with Gasteiger partial charge in [0.1, 0.15) is 5.75 Å². The second-order valence-electron chi connectivity index (χ2n) is 7.75. The van der Waals surface area contributed by atoms with Crippen molar-refractivity contribution in [2.45, 2.75) is 33.1 Å². The zero-order valence-electron chi connectivity index (χ0n) is 17.5. The van der Waals surface area contributed by atoms with E-state index in [0.29, 0.717) is 6.61 Å². The number of carbonyl (C=O) groups excluding carboxylic acids is 2. The predicted molar refractivity (Wildman–Crippen MR) is 118 cm³/mol. The van der Waals surface area contributed by atoms with E-state index in [9.17, 15) is 9.59 Å². The standard InChI is InChI=1S/C22H28N4O3S/c1-3-29-18-7-5-17(6-8-18)23-21(28)16-4-9-19-20(14-16)30-22(24-19)26-12-10-25(11-13-26)15(2)27/h5-8,16H,3-4,9-14H2,1-2H3,(H,23,28)/t16-/m1/s1. The maximum absolute atomic E-state index is 12.8. The summed E-state index contributed by atoms with van der Waals surface area (Å²) in [5.41, 5.74) is 1.93. The van der Waals surface area contributed by atoms with Gasteiger partial charge in [-0.15, -0.1) is 11.3 Å². The Hall–Kier alpha value is -2.61. The number of anilines is 2. The van der Waals surface area contributed by atoms with Gasteiger partial charge in [0.25, 0.3) is 0 Å². The molecule has 8 heteroatoms. The lowest BCUT2D eigenvalue weighted by Gasteiger charge is -2.33. The van der Waals surface area contributed by atoms with Crippen LogP contribution in [0.25, 0.3) is 0 Å². The molecule has 1 atom stereocenters. The van der Waals surface area contributed by atoms with Gasteiger partial charge in [0.15, 0.2) is 5.13 Å². The lowest BCUT2D eigenvalue weighted by Crippen LogP contribution is -2.48. The first kappa shape index (κ1) is 20.7. The highest BCUT2D eigenvalue weighted by molar-refractivity contribution is 7.15. The van der Waals surface area contributed by atoms with Crippen LogP contribution in [0.1, 0.15) is 30.8 Å². The molecule has 0 bridgehead atoms. The molecule has 0 saturated carbocycles. The van der Waals surface area contributed by atoms with Gasteiger partial charge < -0.3 is 19.9 Å². The Morgan fingerprint density at radius 1 is 1.20 bits per heavy atom. The highest BCUT2D eigenvalue weighted by atomic mass is 32.1. The van der Waals surface area contributed by atoms with Crippen LogP contribution in [-0.2, 0) is 22.4 Å². The molecule has 1 N–H and O–H groups in total. The summed E-state index contributed by atoms with van der Waals surface area (Å²) < 4.78 is 5.45. The Labute approximate surface area is 181 Å². The van der Waals surface area contributed by atoms with Gasteiger partial charge in [-0.2, -0.15) is 0 Å². The summed E-state index contributed by atoms with van der Waals surface area (Å²) in [4.78, 5) is 34.5. The number of thiazole rings is 1. The maximum Gasteiger partial charge on any atom is 0.227 e. The van der Waals surface area contributed by atoms with Crippen LogP contribution in [-0.4, -0.2) is 54.5 Å². The number of aromatic nitrogens is 1. The Bertz CT molecular complexity index is 904. The lowest BCUT2D eigenvalue weighted by molar-refractivity contribution is -0.129. The fraction of sp³-hybridized carbons (Fsp3) is 0.500. The molecule has 4 rings (SSSR count). The molecule has 0 spiro atoms. The molecule has 2 aromatic rings. The summed E-state index contributed by atoms with van der Waals surface area (Å²) in [5.74, 6) is 0.968. The van der Waals surface area contributed by atoms with Crippen LogP contribution in [0.4, 0.5) is 10.8 Å². The van der Waals surface area contributed by atoms with Gasteiger partial charge in [0.05, 0.1) is 12.3 Å². The van der Waals surface area contributed by atoms with Gasteiger partial charge in [0, 0.05) is 49.6 Å². The molecule has 2 amide bonds. The van der Waals surface area contributed by atoms with Crippen LogP contribution in [0.5, 0.6) is 5.75 Å². The molecule has 1 aliphatic carbocycles. The molecule has 2 aliphatic rings. The average molecular weight is 429 g/mol. The second-order valence-corrected chi connectivity index (χ2v) is 8.81. The molecule has 1 fully saturated rings. The van der Waals surface area contributed by atoms with Gasteiger partial charge in [0.2, 0.25) is 11.8 Å². The molecule has 1 aromatic carbocycles. The molecule has 0 radical (unpaired) electrons. The third kappa shape index (κ3) is 4.59. The number of nitrogens with zero attached hydrogens (tertiary/aromatic N) is 3. The number of carbonyl (C=O) groups is 2. The van der Waals surface area contributed by atoms with Crippen LogP contribution in [0.3, 0.4) is 0 Å². The molecular formula is C22H28N4O3S. The first-order chi connectivity index (χ1) is 14.5. The van der Waals surface area contributed by atoms with Crippen molar-refractivity contribution in [1.82, 2.24) is 9.88 Å². The van der Waals surface area contributed by atoms with Gasteiger partial charge in [-0.25, -0.2) is 4.98 Å². The SMILES string of the molecule is CCOc1ccc(NC(=O)[C@@H]2CCc3nc(N4CCN(C(C)=O)CC4)sc3C2)cc1. The second kappa shape index (κ2) is 9.04. The van der Waals surface area contributed by atoms with Crippen molar-refractivity contribution < 1.29 is 14.3 Å². The normalized spacial score (nSPS) is 18.7. The van der Waals surface area contributed by atoms with E-state index in [4.69, 9.17) is 9.72 Å². The number of piperazine rings is 1. The van der Waals surface area contributed by atoms with E-state index < -0.39 is 0 Å². The highest BCUT2D eigenvalue weighted by Crippen LogP contribution is 2.35. The number of hydrogen-bond donors (Lipinski definition) is 1. The quantitative estimate of drug-likeness (QED) is 0.793. The number of ether oxygens (including phenoxy) is 1. The number of nitrogens with one attached hydrogen (secondary N) is 1. The largest absolute Gasteiger partial charge is 0.494 e. The van der Waals surface area contributed by atoms with E-state index >= 15 is 0 Å². The highest BCUT2D eigenvalue weighted by Gasteiger charge is 2.29. The third-order valence-corrected chi connectivity index (χ3v) is 6.91. The van der Waals surface area contributed by atoms with E-state index in [1.54, 1.807) is 18.3 Å². The molecule has 0 unspecified atom stereocenters. The minimum Gasteiger partial charge on any atom is -0.494 e. The van der Waals surface area contributed by atoms with Crippen molar-refractivity contribution in [3.05, 3.63) is 34.8 Å². The molecule has 1 saturated heterocycles. The molecule has 1 aliphatic heterocycles. The van der Waals surface area contributed by atoms with Crippen LogP contribution < -0.4 is 15.0 Å². The number of hydrogen-bond acceptors (Lipinski definition) is 6. The van der Waals surface area contributed by atoms with Gasteiger partial charge in [-0.1, -0.05) is 0 Å². The lowest BCUT2D eigenvalue weighted by atomic mass is 9.90. The Morgan fingerprint density at radius 2 is 1.93 bits per heavy atom. The van der Waals surface area contributed by atoms with Crippen LogP contribution in [0.2, 0.25) is 0 Å². The number of aryl methyl sites for hydroxylation is 1. The minimum absolute atomic E-state index is 0.0353. The maximum atomic E-state index is 12.8. The molecule has 1 aromatic heterocycles. The van der Waals surface area contributed by atoms with Gasteiger partial charge >= 0.3 is 0 Å². The molecule has 2 heterocycles. The zero-order valence-corrected chi connectivity index (χ0v) is 18.3. The van der Waals surface area contributed by atoms with Crippen molar-refractivity contribution in [1.29, 1.82) is 0 Å². The fourth-order valence-electron chi connectivity index (χ4n) is 3.98. The topological polar surface area (TPSA) is 74.8 Å². The van der Waals surface area contributed by atoms with Crippen molar-refractivity contribution >= 4 is 34.0 Å². The number of rotatable bonds is 5. The van der Waals surface area contributed by atoms with Gasteiger partial charge in [-0.05, 0) is 50.5 Å². The predicted octanol–water partition coefficient (Wildman–Crippen LogP) is 2.95. The van der Waals surface area contributed by atoms with Crippen LogP contribution in [0.15, 0.2) is 24.3 Å². The minimum atomic E-state index is -0.0353. The summed E-state index contributed by atoms with van der Waals surface area (Å²) in [6, 6.07) is 7.50. The molecule has 30 heavy (non-hydrogen) atoms. The Balaban J connectivity index is 1.35. The summed E-state index contributed by atoms with van der Waals surface area (Å²) in [5, 5.41) is 4.06. The van der Waals surface area contributed by atoms with E-state index in [0.717, 1.165) is 67.7 Å². The Morgan fingerprint density at radius 3 is 2.60 bits per heavy atom. The van der Waals surface area contributed by atoms with Crippen molar-refractivity contribution in [3.63, 3.8) is 0 Å². The van der Waals surface area contributed by atoms with Crippen molar-refractivity contribution in [2.75, 3.05) is 43.0 Å². The fourth-order valence-corrected chi connectivity index (χ4v) is 5.22. The number of benzene rings is 1. The van der Waals surface area contributed by atoms with E-state index in [-0.39, 0.29) is 17.7 Å². The number of fused-ring (bicyclic) bond motifs is 1. The molecule has 7 nitrogen and oxygen atoms in total. The van der Waals surface area contributed by atoms with Crippen molar-refractivity contribution in [2.24, 2.45) is 5.92 Å². The Kier molecular flexibility index (Phi) is 6.22. The summed E-state index contributed by atoms with van der Waals surface area (Å²) in [6.07, 6.45) is 2.39. The van der Waals surface area contributed by atoms with Crippen molar-refractivity contribution in [3.8, 4) is 5.75 Å². The summed E-state index contributed by atoms with van der Waals surface area (Å²) in [7, 11) is 0. The summed E-state index contributed by atoms with van der Waals surface area (Å²) in [6.45, 7) is 7.31. The van der Waals surface area contributed by atoms with Gasteiger partial charge in [-0.3, -0.25) is 9.59 Å². The first-order valence-corrected chi connectivity index (χ1v) is 11.4. The summed E-state index contributed by atoms with van der Waals surface area (Å²) >= 11 is 1.70. The monoisotopic (exact) mass is 428 g/mol. The third-order valence-electron chi connectivity index (χ3n) is 5.73. The van der Waals surface area contributed by atoms with E-state index in [2.05, 4.69) is 10.2 Å². The molecular weight excluding hydrogens is 400 g/mol. The van der Waals surface area contributed by atoms with E-state index in [1.807, 2.05) is 36.1 Å². The van der Waals surface area contributed by atoms with E-state index in [1.165, 1.54) is 4.88 Å². The first-order valence-electron chi connectivity index (χ1n) is 10.6. The van der Waals surface area contributed by atoms with Crippen LogP contribution >= 0.6 is 11.3 Å². The smallest absolute Gasteiger partial charge is 0.227 e. The average Bonchev–Trinajstić information content (AvgIpc) is 3.19.